The Hall–Kier alpha value is -2.30. The van der Waals surface area contributed by atoms with Crippen molar-refractivity contribution < 1.29 is 28.4 Å². The van der Waals surface area contributed by atoms with Crippen molar-refractivity contribution in [2.24, 2.45) is 0 Å². The monoisotopic (exact) mass is 526 g/mol. The number of halogens is 1. The van der Waals surface area contributed by atoms with Crippen molar-refractivity contribution in [3.05, 3.63) is 59.0 Å². The van der Waals surface area contributed by atoms with Gasteiger partial charge in [-0.3, -0.25) is 4.57 Å². The molecule has 6 rings (SSSR count). The molecule has 0 unspecified atom stereocenters. The number of aliphatic hydroxyl groups is 1. The summed E-state index contributed by atoms with van der Waals surface area (Å²) in [5, 5.41) is 10.1. The first kappa shape index (κ1) is 25.0. The van der Waals surface area contributed by atoms with Crippen molar-refractivity contribution >= 4 is 19.1 Å². The van der Waals surface area contributed by atoms with E-state index in [1.54, 1.807) is 6.07 Å². The summed E-state index contributed by atoms with van der Waals surface area (Å²) in [6, 6.07) is 12.8. The molecule has 0 bridgehead atoms. The normalized spacial score (nSPS) is 25.6. The van der Waals surface area contributed by atoms with Gasteiger partial charge in [-0.25, -0.2) is 9.37 Å². The van der Waals surface area contributed by atoms with Crippen LogP contribution in [0.2, 0.25) is 25.7 Å². The topological polar surface area (TPSA) is 75.0 Å². The Bertz CT molecular complexity index is 1270. The SMILES string of the molecule is C[Si](C)(C)CCOCn1c(O[C@@H]2CO[C@H]3[C@@H]2OC[C@H]3O)cc2nc(C3Cc4ccccc4C3)c(F)cc21. The molecule has 37 heavy (non-hydrogen) atoms. The molecule has 0 saturated carbocycles. The maximum atomic E-state index is 15.5. The molecule has 2 aliphatic heterocycles. The van der Waals surface area contributed by atoms with Crippen molar-refractivity contribution in [2.75, 3.05) is 19.8 Å². The maximum absolute atomic E-state index is 15.5. The molecular formula is C28H35FN2O5Si. The molecule has 1 aliphatic carbocycles. The third-order valence-corrected chi connectivity index (χ3v) is 9.44. The number of rotatable bonds is 8. The van der Waals surface area contributed by atoms with Crippen molar-refractivity contribution in [3.63, 3.8) is 0 Å². The van der Waals surface area contributed by atoms with Crippen LogP contribution in [0.4, 0.5) is 4.39 Å². The lowest BCUT2D eigenvalue weighted by Gasteiger charge is -2.20. The highest BCUT2D eigenvalue weighted by Crippen LogP contribution is 2.37. The van der Waals surface area contributed by atoms with Gasteiger partial charge in [0.2, 0.25) is 0 Å². The maximum Gasteiger partial charge on any atom is 0.198 e. The van der Waals surface area contributed by atoms with E-state index in [4.69, 9.17) is 23.9 Å². The lowest BCUT2D eigenvalue weighted by Crippen LogP contribution is -2.35. The van der Waals surface area contributed by atoms with Gasteiger partial charge >= 0.3 is 0 Å². The highest BCUT2D eigenvalue weighted by Gasteiger charge is 2.48. The third kappa shape index (κ3) is 4.95. The molecule has 7 nitrogen and oxygen atoms in total. The number of hydrogen-bond acceptors (Lipinski definition) is 6. The van der Waals surface area contributed by atoms with E-state index in [0.717, 1.165) is 18.9 Å². The second kappa shape index (κ2) is 9.78. The van der Waals surface area contributed by atoms with E-state index in [-0.39, 0.29) is 43.4 Å². The molecule has 4 atom stereocenters. The first-order valence-corrected chi connectivity index (χ1v) is 16.9. The molecule has 2 aromatic heterocycles. The van der Waals surface area contributed by atoms with Gasteiger partial charge in [0, 0.05) is 32.7 Å². The van der Waals surface area contributed by atoms with E-state index >= 15 is 4.39 Å². The molecule has 1 N–H and O–H groups in total. The summed E-state index contributed by atoms with van der Waals surface area (Å²) >= 11 is 0. The van der Waals surface area contributed by atoms with Gasteiger partial charge in [-0.05, 0) is 30.0 Å². The third-order valence-electron chi connectivity index (χ3n) is 7.74. The van der Waals surface area contributed by atoms with Gasteiger partial charge in [-0.15, -0.1) is 0 Å². The molecule has 0 radical (unpaired) electrons. The summed E-state index contributed by atoms with van der Waals surface area (Å²) in [4.78, 5) is 4.81. The fourth-order valence-electron chi connectivity index (χ4n) is 5.65. The zero-order valence-electron chi connectivity index (χ0n) is 21.7. The van der Waals surface area contributed by atoms with Crippen LogP contribution in [0, 0.1) is 5.82 Å². The van der Waals surface area contributed by atoms with Crippen molar-refractivity contribution in [1.29, 1.82) is 0 Å². The molecule has 3 aromatic rings. The number of nitrogens with zero attached hydrogens (tertiary/aromatic N) is 2. The lowest BCUT2D eigenvalue weighted by molar-refractivity contribution is 0.00479. The van der Waals surface area contributed by atoms with Crippen LogP contribution >= 0.6 is 0 Å². The second-order valence-corrected chi connectivity index (χ2v) is 17.3. The Labute approximate surface area is 217 Å². The number of ether oxygens (including phenoxy) is 4. The average Bonchev–Trinajstić information content (AvgIpc) is 3.61. The quantitative estimate of drug-likeness (QED) is 0.349. The van der Waals surface area contributed by atoms with E-state index < -0.39 is 14.2 Å². The molecule has 9 heteroatoms. The van der Waals surface area contributed by atoms with E-state index in [1.165, 1.54) is 11.1 Å². The molecule has 1 aromatic carbocycles. The first-order valence-electron chi connectivity index (χ1n) is 13.2. The lowest BCUT2D eigenvalue weighted by atomic mass is 10.0. The Morgan fingerprint density at radius 1 is 1.08 bits per heavy atom. The van der Waals surface area contributed by atoms with E-state index in [1.807, 2.05) is 22.8 Å². The van der Waals surface area contributed by atoms with Crippen molar-refractivity contribution in [3.8, 4) is 5.88 Å². The number of hydrogen-bond donors (Lipinski definition) is 1. The van der Waals surface area contributed by atoms with Crippen LogP contribution in [0.3, 0.4) is 0 Å². The largest absolute Gasteiger partial charge is 0.470 e. The van der Waals surface area contributed by atoms with Gasteiger partial charge in [0.15, 0.2) is 12.0 Å². The minimum Gasteiger partial charge on any atom is -0.470 e. The van der Waals surface area contributed by atoms with Crippen LogP contribution in [0.1, 0.15) is 22.7 Å². The number of fused-ring (bicyclic) bond motifs is 3. The van der Waals surface area contributed by atoms with Crippen molar-refractivity contribution in [1.82, 2.24) is 9.55 Å². The first-order chi connectivity index (χ1) is 17.8. The predicted molar refractivity (Wildman–Crippen MR) is 140 cm³/mol. The Morgan fingerprint density at radius 2 is 1.81 bits per heavy atom. The molecule has 2 fully saturated rings. The Morgan fingerprint density at radius 3 is 2.54 bits per heavy atom. The van der Waals surface area contributed by atoms with E-state index in [0.29, 0.717) is 35.8 Å². The summed E-state index contributed by atoms with van der Waals surface area (Å²) in [6.45, 7) is 8.36. The number of aromatic nitrogens is 2. The van der Waals surface area contributed by atoms with Gasteiger partial charge in [-0.2, -0.15) is 0 Å². The summed E-state index contributed by atoms with van der Waals surface area (Å²) in [6.07, 6.45) is -0.174. The van der Waals surface area contributed by atoms with Gasteiger partial charge in [0.05, 0.1) is 29.9 Å². The van der Waals surface area contributed by atoms with Crippen LogP contribution in [0.5, 0.6) is 5.88 Å². The zero-order chi connectivity index (χ0) is 25.7. The number of aliphatic hydroxyl groups excluding tert-OH is 1. The molecule has 198 valence electrons. The van der Waals surface area contributed by atoms with Gasteiger partial charge in [0.25, 0.3) is 0 Å². The number of pyridine rings is 1. The van der Waals surface area contributed by atoms with E-state index in [9.17, 15) is 5.11 Å². The summed E-state index contributed by atoms with van der Waals surface area (Å²) in [5.41, 5.74) is 4.35. The Balaban J connectivity index is 1.29. The zero-order valence-corrected chi connectivity index (χ0v) is 22.7. The molecule has 0 spiro atoms. The highest BCUT2D eigenvalue weighted by atomic mass is 28.3. The second-order valence-electron chi connectivity index (χ2n) is 11.7. The van der Waals surface area contributed by atoms with Crippen LogP contribution in [0.25, 0.3) is 11.0 Å². The average molecular weight is 527 g/mol. The fourth-order valence-corrected chi connectivity index (χ4v) is 6.40. The summed E-state index contributed by atoms with van der Waals surface area (Å²) in [5.74, 6) is 0.255. The summed E-state index contributed by atoms with van der Waals surface area (Å²) < 4.78 is 41.3. The van der Waals surface area contributed by atoms with Crippen molar-refractivity contribution in [2.45, 2.75) is 75.6 Å². The highest BCUT2D eigenvalue weighted by molar-refractivity contribution is 6.76. The van der Waals surface area contributed by atoms with Crippen LogP contribution in [-0.2, 0) is 33.8 Å². The molecule has 4 heterocycles. The van der Waals surface area contributed by atoms with E-state index in [2.05, 4.69) is 31.8 Å². The van der Waals surface area contributed by atoms with Crippen LogP contribution < -0.4 is 4.74 Å². The molecule has 2 saturated heterocycles. The van der Waals surface area contributed by atoms with Gasteiger partial charge in [-0.1, -0.05) is 43.9 Å². The smallest absolute Gasteiger partial charge is 0.198 e. The molecule has 3 aliphatic rings. The fraction of sp³-hybridized carbons (Fsp3) is 0.536. The molecule has 0 amide bonds. The minimum atomic E-state index is -1.25. The minimum absolute atomic E-state index is 0.0138. The van der Waals surface area contributed by atoms with Crippen LogP contribution in [-0.4, -0.2) is 67.0 Å². The van der Waals surface area contributed by atoms with Gasteiger partial charge < -0.3 is 24.1 Å². The predicted octanol–water partition coefficient (Wildman–Crippen LogP) is 4.28. The standard InChI is InChI=1S/C28H35FN2O5Si/c1-37(2,3)9-8-33-16-31-22-12-20(29)26(19-10-17-6-4-5-7-18(17)11-19)30-21(22)13-25(31)36-24-15-35-27-23(32)14-34-28(24)27/h4-7,12-13,19,23-24,27-28,32H,8-11,14-16H2,1-3H3/t23-,24-,27-,28-/m1/s1. The molecular weight excluding hydrogens is 491 g/mol. The van der Waals surface area contributed by atoms with Crippen LogP contribution in [0.15, 0.2) is 36.4 Å². The van der Waals surface area contributed by atoms with Gasteiger partial charge in [0.1, 0.15) is 30.9 Å². The Kier molecular flexibility index (Phi) is 6.61. The number of benzene rings is 1. The summed E-state index contributed by atoms with van der Waals surface area (Å²) in [7, 11) is -1.25.